The molecule has 0 bridgehead atoms. The van der Waals surface area contributed by atoms with Gasteiger partial charge in [-0.15, -0.1) is 0 Å². The lowest BCUT2D eigenvalue weighted by Gasteiger charge is -2.31. The third-order valence-electron chi connectivity index (χ3n) is 10.6. The van der Waals surface area contributed by atoms with Crippen molar-refractivity contribution in [2.45, 2.75) is 54.9 Å². The van der Waals surface area contributed by atoms with E-state index in [1.54, 1.807) is 12.1 Å². The van der Waals surface area contributed by atoms with Gasteiger partial charge in [-0.05, 0) is 121 Å². The van der Waals surface area contributed by atoms with Gasteiger partial charge in [-0.25, -0.2) is 4.90 Å². The monoisotopic (exact) mass is 641 g/mol. The highest BCUT2D eigenvalue weighted by molar-refractivity contribution is 6.44. The number of carbonyl (C=O) groups is 4. The Balaban J connectivity index is 0.000000302. The molecule has 0 saturated heterocycles. The van der Waals surface area contributed by atoms with Crippen LogP contribution in [0.3, 0.4) is 0 Å². The summed E-state index contributed by atoms with van der Waals surface area (Å²) >= 11 is 0. The summed E-state index contributed by atoms with van der Waals surface area (Å²) in [5, 5.41) is 6.68. The molecule has 7 aromatic carbocycles. The first-order valence-electron chi connectivity index (χ1n) is 16.6. The average molecular weight is 642 g/mol. The van der Waals surface area contributed by atoms with Gasteiger partial charge in [0.2, 0.25) is 0 Å². The largest absolute Gasteiger partial charge is 0.294 e. The second kappa shape index (κ2) is 10.7. The van der Waals surface area contributed by atoms with Crippen molar-refractivity contribution in [1.82, 2.24) is 0 Å². The van der Waals surface area contributed by atoms with Crippen LogP contribution in [0.4, 0.5) is 5.69 Å². The number of fused-ring (bicyclic) bond motifs is 2. The van der Waals surface area contributed by atoms with Gasteiger partial charge < -0.3 is 0 Å². The van der Waals surface area contributed by atoms with Crippen molar-refractivity contribution in [1.29, 1.82) is 0 Å². The highest BCUT2D eigenvalue weighted by Gasteiger charge is 2.37. The van der Waals surface area contributed by atoms with Crippen LogP contribution >= 0.6 is 0 Å². The zero-order valence-electron chi connectivity index (χ0n) is 28.7. The molecule has 0 spiro atoms. The van der Waals surface area contributed by atoms with Gasteiger partial charge in [0.1, 0.15) is 0 Å². The number of imide groups is 1. The molecule has 5 nitrogen and oxygen atoms in total. The van der Waals surface area contributed by atoms with E-state index in [1.165, 1.54) is 27.2 Å². The molecule has 1 aliphatic carbocycles. The molecular weight excluding hydrogens is 606 g/mol. The van der Waals surface area contributed by atoms with Crippen molar-refractivity contribution in [2.75, 3.05) is 4.90 Å². The Bertz CT molecular complexity index is 2510. The third kappa shape index (κ3) is 4.31. The van der Waals surface area contributed by atoms with Crippen molar-refractivity contribution in [2.24, 2.45) is 0 Å². The molecule has 0 radical (unpaired) electrons. The van der Waals surface area contributed by atoms with E-state index in [2.05, 4.69) is 39.8 Å². The molecule has 0 fully saturated rings. The SMILES string of the molecule is Cc1cc(C)c(C)c(C)c1.Cc1cc(C)c(N2C(=O)c3ccc4c5ccc6c7c(ccc(c8ccc(c3c48)C2=O)c75)C(=O)CC6=O)c(C)c1. The Morgan fingerprint density at radius 1 is 0.429 bits per heavy atom. The summed E-state index contributed by atoms with van der Waals surface area (Å²) < 4.78 is 0. The van der Waals surface area contributed by atoms with Gasteiger partial charge in [0.25, 0.3) is 11.8 Å². The molecule has 0 N–H and O–H groups in total. The van der Waals surface area contributed by atoms with E-state index in [1.807, 2.05) is 69.3 Å². The molecule has 0 unspecified atom stereocenters. The fraction of sp³-hybridized carbons (Fsp3) is 0.182. The molecule has 0 atom stereocenters. The number of ketones is 2. The molecule has 1 aliphatic heterocycles. The third-order valence-corrected chi connectivity index (χ3v) is 10.6. The number of benzene rings is 7. The Morgan fingerprint density at radius 2 is 0.776 bits per heavy atom. The zero-order chi connectivity index (χ0) is 34.6. The maximum atomic E-state index is 14.0. The van der Waals surface area contributed by atoms with Gasteiger partial charge in [-0.2, -0.15) is 0 Å². The predicted octanol–water partition coefficient (Wildman–Crippen LogP) is 10.2. The summed E-state index contributed by atoms with van der Waals surface area (Å²) in [6, 6.07) is 23.4. The fourth-order valence-electron chi connectivity index (χ4n) is 8.36. The van der Waals surface area contributed by atoms with E-state index in [0.717, 1.165) is 49.0 Å². The van der Waals surface area contributed by atoms with Crippen molar-refractivity contribution >= 4 is 72.2 Å². The van der Waals surface area contributed by atoms with Crippen LogP contribution in [-0.4, -0.2) is 23.4 Å². The lowest BCUT2D eigenvalue weighted by molar-refractivity contribution is 0.0875. The lowest BCUT2D eigenvalue weighted by Crippen LogP contribution is -2.41. The van der Waals surface area contributed by atoms with Crippen LogP contribution in [0.1, 0.15) is 86.8 Å². The summed E-state index contributed by atoms with van der Waals surface area (Å²) in [5.41, 5.74) is 11.2. The normalized spacial score (nSPS) is 14.1. The van der Waals surface area contributed by atoms with Crippen molar-refractivity contribution in [3.8, 4) is 0 Å². The standard InChI is InChI=1S/C34H21NO4.C10H14/c1-15-12-16(2)32(17(3)13-15)35-33(38)24-10-6-20-18-4-8-22-26(36)14-27(37)23-9-5-19(28(18)30(22)23)21-7-11-25(34(35)39)31(24)29(20)21;1-7-5-8(2)10(4)9(3)6-7/h4-13H,14H2,1-3H3;5-6H,1-4H3. The number of aryl methyl sites for hydroxylation is 6. The number of amides is 2. The fourth-order valence-corrected chi connectivity index (χ4v) is 8.36. The first-order valence-corrected chi connectivity index (χ1v) is 16.6. The van der Waals surface area contributed by atoms with E-state index < -0.39 is 0 Å². The lowest BCUT2D eigenvalue weighted by atomic mass is 9.80. The van der Waals surface area contributed by atoms with Crippen LogP contribution in [-0.2, 0) is 0 Å². The molecule has 2 aliphatic rings. The molecule has 9 rings (SSSR count). The maximum Gasteiger partial charge on any atom is 0.266 e. The minimum atomic E-state index is -0.335. The van der Waals surface area contributed by atoms with Crippen molar-refractivity contribution in [3.05, 3.63) is 134 Å². The molecule has 1 heterocycles. The number of carbonyl (C=O) groups excluding carboxylic acids is 4. The Kier molecular flexibility index (Phi) is 6.67. The summed E-state index contributed by atoms with van der Waals surface area (Å²) in [6.07, 6.45) is -0.111. The minimum Gasteiger partial charge on any atom is -0.294 e. The van der Waals surface area contributed by atoms with Crippen LogP contribution in [0.25, 0.3) is 43.1 Å². The quantitative estimate of drug-likeness (QED) is 0.0774. The Hall–Kier alpha value is -5.68. The zero-order valence-corrected chi connectivity index (χ0v) is 28.7. The number of nitrogens with zero attached hydrogens (tertiary/aromatic N) is 1. The topological polar surface area (TPSA) is 71.5 Å². The summed E-state index contributed by atoms with van der Waals surface area (Å²) in [6.45, 7) is 14.5. The molecule has 5 heteroatoms. The van der Waals surface area contributed by atoms with Crippen LogP contribution in [0.2, 0.25) is 0 Å². The van der Waals surface area contributed by atoms with E-state index in [4.69, 9.17) is 0 Å². The second-order valence-corrected chi connectivity index (χ2v) is 13.9. The summed E-state index contributed by atoms with van der Waals surface area (Å²) in [4.78, 5) is 54.9. The second-order valence-electron chi connectivity index (χ2n) is 13.9. The molecule has 49 heavy (non-hydrogen) atoms. The molecular formula is C44H35NO4. The number of Topliss-reactive ketones (excluding diaryl/α,β-unsaturated/α-hetero) is 2. The molecule has 2 amide bonds. The summed E-state index contributed by atoms with van der Waals surface area (Å²) in [5.74, 6) is -0.993. The van der Waals surface area contributed by atoms with Crippen LogP contribution in [0.15, 0.2) is 72.8 Å². The minimum absolute atomic E-state index is 0.111. The maximum absolute atomic E-state index is 14.0. The number of rotatable bonds is 1. The first kappa shape index (κ1) is 30.6. The van der Waals surface area contributed by atoms with Gasteiger partial charge in [0.05, 0.1) is 12.1 Å². The van der Waals surface area contributed by atoms with Crippen molar-refractivity contribution in [3.63, 3.8) is 0 Å². The highest BCUT2D eigenvalue weighted by Crippen LogP contribution is 2.47. The highest BCUT2D eigenvalue weighted by atomic mass is 16.2. The predicted molar refractivity (Wildman–Crippen MR) is 198 cm³/mol. The average Bonchev–Trinajstić information content (AvgIpc) is 3.05. The van der Waals surface area contributed by atoms with E-state index in [9.17, 15) is 19.2 Å². The summed E-state index contributed by atoms with van der Waals surface area (Å²) in [7, 11) is 0. The number of hydrogen-bond donors (Lipinski definition) is 0. The molecule has 7 aromatic rings. The van der Waals surface area contributed by atoms with Crippen molar-refractivity contribution < 1.29 is 19.2 Å². The van der Waals surface area contributed by atoms with Crippen LogP contribution < -0.4 is 4.90 Å². The van der Waals surface area contributed by atoms with Gasteiger partial charge in [0.15, 0.2) is 11.6 Å². The van der Waals surface area contributed by atoms with Gasteiger partial charge in [0, 0.05) is 33.0 Å². The molecule has 0 saturated carbocycles. The van der Waals surface area contributed by atoms with Gasteiger partial charge >= 0.3 is 0 Å². The molecule has 0 aromatic heterocycles. The Labute approximate surface area is 284 Å². The van der Waals surface area contributed by atoms with E-state index in [0.29, 0.717) is 38.7 Å². The van der Waals surface area contributed by atoms with Crippen LogP contribution in [0, 0.1) is 48.5 Å². The van der Waals surface area contributed by atoms with Crippen LogP contribution in [0.5, 0.6) is 0 Å². The number of anilines is 1. The number of hydrogen-bond acceptors (Lipinski definition) is 4. The van der Waals surface area contributed by atoms with Gasteiger partial charge in [-0.1, -0.05) is 71.8 Å². The Morgan fingerprint density at radius 3 is 1.18 bits per heavy atom. The smallest absolute Gasteiger partial charge is 0.266 e. The molecule has 240 valence electrons. The van der Waals surface area contributed by atoms with Gasteiger partial charge in [-0.3, -0.25) is 19.2 Å². The first-order chi connectivity index (χ1) is 23.4. The van der Waals surface area contributed by atoms with E-state index >= 15 is 0 Å². The van der Waals surface area contributed by atoms with E-state index in [-0.39, 0.29) is 29.8 Å².